The second-order valence-electron chi connectivity index (χ2n) is 4.49. The predicted octanol–water partition coefficient (Wildman–Crippen LogP) is 4.00. The predicted molar refractivity (Wildman–Crippen MR) is 66.3 cm³/mol. The molecule has 0 saturated heterocycles. The first-order valence-corrected chi connectivity index (χ1v) is 6.70. The number of allylic oxidation sites excluding steroid dienone is 2. The van der Waals surface area contributed by atoms with Gasteiger partial charge in [0.1, 0.15) is 0 Å². The Morgan fingerprint density at radius 2 is 1.44 bits per heavy atom. The standard InChI is InChI=1S/C14H24O2/c15-14-12-10-8-6-4-2-1-3-5-7-9-11-13-16-14/h2,4H,1,3,5-13H2/b4-2-. The monoisotopic (exact) mass is 224 g/mol. The van der Waals surface area contributed by atoms with E-state index in [1.54, 1.807) is 0 Å². The van der Waals surface area contributed by atoms with Gasteiger partial charge in [0.25, 0.3) is 0 Å². The molecule has 0 amide bonds. The number of carbonyl (C=O) groups is 1. The fraction of sp³-hybridized carbons (Fsp3) is 0.786. The van der Waals surface area contributed by atoms with E-state index in [4.69, 9.17) is 4.74 Å². The molecular weight excluding hydrogens is 200 g/mol. The van der Waals surface area contributed by atoms with E-state index in [-0.39, 0.29) is 5.97 Å². The van der Waals surface area contributed by atoms with Gasteiger partial charge in [-0.2, -0.15) is 0 Å². The van der Waals surface area contributed by atoms with Gasteiger partial charge >= 0.3 is 5.97 Å². The van der Waals surface area contributed by atoms with Gasteiger partial charge in [0.05, 0.1) is 6.61 Å². The highest BCUT2D eigenvalue weighted by molar-refractivity contribution is 5.69. The molecule has 2 nitrogen and oxygen atoms in total. The molecule has 0 fully saturated rings. The van der Waals surface area contributed by atoms with E-state index in [9.17, 15) is 4.79 Å². The summed E-state index contributed by atoms with van der Waals surface area (Å²) in [7, 11) is 0. The summed E-state index contributed by atoms with van der Waals surface area (Å²) in [6, 6.07) is 0. The second kappa shape index (κ2) is 9.44. The maximum absolute atomic E-state index is 11.3. The summed E-state index contributed by atoms with van der Waals surface area (Å²) in [5.41, 5.74) is 0. The van der Waals surface area contributed by atoms with Crippen molar-refractivity contribution < 1.29 is 9.53 Å². The third kappa shape index (κ3) is 7.49. The minimum atomic E-state index is -0.0150. The fourth-order valence-corrected chi connectivity index (χ4v) is 1.92. The van der Waals surface area contributed by atoms with Crippen molar-refractivity contribution in [3.05, 3.63) is 12.2 Å². The van der Waals surface area contributed by atoms with Crippen molar-refractivity contribution in [2.24, 2.45) is 0 Å². The van der Waals surface area contributed by atoms with Crippen molar-refractivity contribution in [3.8, 4) is 0 Å². The minimum Gasteiger partial charge on any atom is -0.466 e. The van der Waals surface area contributed by atoms with Crippen LogP contribution in [0.2, 0.25) is 0 Å². The molecular formula is C14H24O2. The zero-order chi connectivity index (χ0) is 11.5. The third-order valence-electron chi connectivity index (χ3n) is 2.95. The molecule has 0 N–H and O–H groups in total. The molecule has 0 spiro atoms. The van der Waals surface area contributed by atoms with Gasteiger partial charge in [-0.05, 0) is 38.5 Å². The first-order valence-electron chi connectivity index (χ1n) is 6.70. The van der Waals surface area contributed by atoms with Crippen LogP contribution in [0.25, 0.3) is 0 Å². The maximum Gasteiger partial charge on any atom is 0.305 e. The van der Waals surface area contributed by atoms with Crippen LogP contribution in [0, 0.1) is 0 Å². The zero-order valence-corrected chi connectivity index (χ0v) is 10.2. The molecule has 0 saturated carbocycles. The number of carbonyl (C=O) groups excluding carboxylic acids is 1. The van der Waals surface area contributed by atoms with Crippen LogP contribution < -0.4 is 0 Å². The summed E-state index contributed by atoms with van der Waals surface area (Å²) in [6.07, 6.45) is 15.6. The Labute approximate surface area is 99.1 Å². The lowest BCUT2D eigenvalue weighted by Crippen LogP contribution is -2.05. The van der Waals surface area contributed by atoms with E-state index in [0.717, 1.165) is 25.7 Å². The highest BCUT2D eigenvalue weighted by Gasteiger charge is 2.02. The molecule has 1 heterocycles. The summed E-state index contributed by atoms with van der Waals surface area (Å²) < 4.78 is 5.16. The molecule has 0 aromatic carbocycles. The van der Waals surface area contributed by atoms with E-state index in [2.05, 4.69) is 12.2 Å². The Bertz CT molecular complexity index is 209. The van der Waals surface area contributed by atoms with Gasteiger partial charge in [-0.25, -0.2) is 0 Å². The largest absolute Gasteiger partial charge is 0.466 e. The van der Waals surface area contributed by atoms with Crippen LogP contribution in [-0.4, -0.2) is 12.6 Å². The van der Waals surface area contributed by atoms with Crippen LogP contribution in [0.5, 0.6) is 0 Å². The number of ether oxygens (including phenoxy) is 1. The van der Waals surface area contributed by atoms with Crippen molar-refractivity contribution >= 4 is 5.97 Å². The van der Waals surface area contributed by atoms with Crippen molar-refractivity contribution in [2.45, 2.75) is 64.2 Å². The van der Waals surface area contributed by atoms with Gasteiger partial charge in [0, 0.05) is 6.42 Å². The van der Waals surface area contributed by atoms with Crippen LogP contribution in [0.1, 0.15) is 64.2 Å². The molecule has 92 valence electrons. The first kappa shape index (κ1) is 13.3. The summed E-state index contributed by atoms with van der Waals surface area (Å²) in [5.74, 6) is -0.0150. The Hall–Kier alpha value is -0.790. The molecule has 0 bridgehead atoms. The Morgan fingerprint density at radius 1 is 0.812 bits per heavy atom. The Balaban J connectivity index is 2.20. The number of hydrogen-bond donors (Lipinski definition) is 0. The van der Waals surface area contributed by atoms with Crippen LogP contribution in [0.4, 0.5) is 0 Å². The molecule has 0 aliphatic carbocycles. The van der Waals surface area contributed by atoms with E-state index in [1.165, 1.54) is 32.1 Å². The second-order valence-corrected chi connectivity index (χ2v) is 4.49. The lowest BCUT2D eigenvalue weighted by atomic mass is 10.1. The van der Waals surface area contributed by atoms with Crippen molar-refractivity contribution in [3.63, 3.8) is 0 Å². The average molecular weight is 224 g/mol. The summed E-state index contributed by atoms with van der Waals surface area (Å²) in [6.45, 7) is 0.622. The van der Waals surface area contributed by atoms with Crippen molar-refractivity contribution in [1.82, 2.24) is 0 Å². The van der Waals surface area contributed by atoms with Crippen LogP contribution in [0.3, 0.4) is 0 Å². The van der Waals surface area contributed by atoms with E-state index in [0.29, 0.717) is 13.0 Å². The fourth-order valence-electron chi connectivity index (χ4n) is 1.92. The molecule has 0 aromatic heterocycles. The smallest absolute Gasteiger partial charge is 0.305 e. The highest BCUT2D eigenvalue weighted by Crippen LogP contribution is 2.09. The molecule has 1 aliphatic rings. The Morgan fingerprint density at radius 3 is 2.25 bits per heavy atom. The number of hydrogen-bond acceptors (Lipinski definition) is 2. The van der Waals surface area contributed by atoms with E-state index in [1.807, 2.05) is 0 Å². The third-order valence-corrected chi connectivity index (χ3v) is 2.95. The number of cyclic esters (lactones) is 1. The van der Waals surface area contributed by atoms with Crippen molar-refractivity contribution in [1.29, 1.82) is 0 Å². The molecule has 0 unspecified atom stereocenters. The SMILES string of the molecule is O=C1CCCC/C=C\CCCCCCCO1. The maximum atomic E-state index is 11.3. The molecule has 0 atom stereocenters. The summed E-state index contributed by atoms with van der Waals surface area (Å²) in [5, 5.41) is 0. The van der Waals surface area contributed by atoms with Crippen molar-refractivity contribution in [2.75, 3.05) is 6.61 Å². The molecule has 16 heavy (non-hydrogen) atoms. The quantitative estimate of drug-likeness (QED) is 0.459. The molecule has 0 radical (unpaired) electrons. The number of rotatable bonds is 0. The van der Waals surface area contributed by atoms with Gasteiger partial charge in [0.15, 0.2) is 0 Å². The highest BCUT2D eigenvalue weighted by atomic mass is 16.5. The molecule has 1 aliphatic heterocycles. The summed E-state index contributed by atoms with van der Waals surface area (Å²) >= 11 is 0. The average Bonchev–Trinajstić information content (AvgIpc) is 2.29. The van der Waals surface area contributed by atoms with Gasteiger partial charge in [-0.15, -0.1) is 0 Å². The molecule has 1 rings (SSSR count). The zero-order valence-electron chi connectivity index (χ0n) is 10.2. The Kier molecular flexibility index (Phi) is 7.83. The van der Waals surface area contributed by atoms with E-state index < -0.39 is 0 Å². The number of esters is 1. The van der Waals surface area contributed by atoms with Gasteiger partial charge < -0.3 is 4.74 Å². The van der Waals surface area contributed by atoms with Gasteiger partial charge in [-0.1, -0.05) is 31.4 Å². The lowest BCUT2D eigenvalue weighted by molar-refractivity contribution is -0.143. The summed E-state index contributed by atoms with van der Waals surface area (Å²) in [4.78, 5) is 11.3. The minimum absolute atomic E-state index is 0.0150. The molecule has 2 heteroatoms. The van der Waals surface area contributed by atoms with Crippen LogP contribution >= 0.6 is 0 Å². The topological polar surface area (TPSA) is 26.3 Å². The molecule has 0 aromatic rings. The first-order chi connectivity index (χ1) is 7.89. The normalized spacial score (nSPS) is 23.9. The lowest BCUT2D eigenvalue weighted by Gasteiger charge is -2.04. The van der Waals surface area contributed by atoms with Crippen LogP contribution in [-0.2, 0) is 9.53 Å². The van der Waals surface area contributed by atoms with E-state index >= 15 is 0 Å². The van der Waals surface area contributed by atoms with Crippen LogP contribution in [0.15, 0.2) is 12.2 Å². The van der Waals surface area contributed by atoms with Gasteiger partial charge in [-0.3, -0.25) is 4.79 Å². The van der Waals surface area contributed by atoms with Gasteiger partial charge in [0.2, 0.25) is 0 Å².